The fraction of sp³-hybridized carbons (Fsp3) is 0.435. The average Bonchev–Trinajstić information content (AvgIpc) is 2.73. The predicted molar refractivity (Wildman–Crippen MR) is 125 cm³/mol. The Balaban J connectivity index is 1.56. The van der Waals surface area contributed by atoms with Crippen molar-refractivity contribution in [2.24, 2.45) is 5.92 Å². The van der Waals surface area contributed by atoms with Gasteiger partial charge >= 0.3 is 0 Å². The van der Waals surface area contributed by atoms with E-state index in [4.69, 9.17) is 0 Å². The first-order valence-corrected chi connectivity index (χ1v) is 10.8. The van der Waals surface area contributed by atoms with Gasteiger partial charge in [0.05, 0.1) is 11.5 Å². The molecule has 0 bridgehead atoms. The van der Waals surface area contributed by atoms with Crippen LogP contribution < -0.4 is 26.3 Å². The highest BCUT2D eigenvalue weighted by molar-refractivity contribution is 5.92. The van der Waals surface area contributed by atoms with Gasteiger partial charge < -0.3 is 16.0 Å². The van der Waals surface area contributed by atoms with Crippen LogP contribution in [-0.2, 0) is 4.79 Å². The minimum absolute atomic E-state index is 0.00519. The van der Waals surface area contributed by atoms with Crippen LogP contribution in [0.5, 0.6) is 0 Å². The number of unbranched alkanes of at least 4 members (excludes halogenated alkanes) is 1. The molecule has 0 spiro atoms. The minimum Gasteiger partial charge on any atom is -0.384 e. The van der Waals surface area contributed by atoms with E-state index in [1.807, 2.05) is 57.2 Å². The molecule has 0 aliphatic carbocycles. The summed E-state index contributed by atoms with van der Waals surface area (Å²) in [5.41, 5.74) is 5.92. The van der Waals surface area contributed by atoms with Crippen molar-refractivity contribution in [1.29, 1.82) is 0 Å². The lowest BCUT2D eigenvalue weighted by atomic mass is 10.2. The highest BCUT2D eigenvalue weighted by Gasteiger charge is 2.25. The van der Waals surface area contributed by atoms with Gasteiger partial charge in [-0.15, -0.1) is 0 Å². The van der Waals surface area contributed by atoms with E-state index in [1.165, 1.54) is 0 Å². The lowest BCUT2D eigenvalue weighted by Gasteiger charge is -2.20. The number of aryl methyl sites for hydroxylation is 1. The van der Waals surface area contributed by atoms with Gasteiger partial charge in [0.15, 0.2) is 0 Å². The molecule has 0 unspecified atom stereocenters. The van der Waals surface area contributed by atoms with Crippen molar-refractivity contribution in [3.05, 3.63) is 54.1 Å². The highest BCUT2D eigenvalue weighted by Crippen LogP contribution is 2.17. The SMILES string of the molecule is Cc1ccc([N+](O)(O)NCCCCNCCNc2cccc(NC(=O)C(C)C)c2)cc1. The van der Waals surface area contributed by atoms with Crippen LogP contribution in [-0.4, -0.2) is 42.5 Å². The van der Waals surface area contributed by atoms with E-state index in [2.05, 4.69) is 21.4 Å². The molecular formula is C23H36N5O3+. The zero-order valence-corrected chi connectivity index (χ0v) is 18.7. The van der Waals surface area contributed by atoms with E-state index in [0.717, 1.165) is 49.4 Å². The molecule has 0 saturated heterocycles. The number of nitrogens with one attached hydrogen (secondary N) is 4. The Hall–Kier alpha value is -2.49. The maximum atomic E-state index is 11.8. The molecule has 31 heavy (non-hydrogen) atoms. The number of hydrogen-bond acceptors (Lipinski definition) is 6. The maximum Gasteiger partial charge on any atom is 0.226 e. The summed E-state index contributed by atoms with van der Waals surface area (Å²) in [6.45, 7) is 8.58. The number of carbonyl (C=O) groups excluding carboxylic acids is 1. The Kier molecular flexibility index (Phi) is 9.90. The second-order valence-corrected chi connectivity index (χ2v) is 7.95. The summed E-state index contributed by atoms with van der Waals surface area (Å²) in [4.78, 5) is 10.5. The van der Waals surface area contributed by atoms with Crippen LogP contribution >= 0.6 is 0 Å². The molecule has 2 aromatic rings. The number of hydrogen-bond donors (Lipinski definition) is 6. The Labute approximate surface area is 184 Å². The van der Waals surface area contributed by atoms with Crippen molar-refractivity contribution in [3.8, 4) is 0 Å². The van der Waals surface area contributed by atoms with Crippen LogP contribution in [0.25, 0.3) is 0 Å². The van der Waals surface area contributed by atoms with Crippen molar-refractivity contribution in [2.45, 2.75) is 33.6 Å². The molecular weight excluding hydrogens is 394 g/mol. The number of nitrogens with zero attached hydrogens (tertiary/aromatic N) is 1. The molecule has 0 aromatic heterocycles. The molecule has 8 heteroatoms. The number of rotatable bonds is 13. The van der Waals surface area contributed by atoms with E-state index in [1.54, 1.807) is 12.1 Å². The molecule has 0 atom stereocenters. The minimum atomic E-state index is -1.31. The molecule has 170 valence electrons. The summed E-state index contributed by atoms with van der Waals surface area (Å²) in [5.74, 6) is -0.0469. The van der Waals surface area contributed by atoms with E-state index < -0.39 is 4.92 Å². The van der Waals surface area contributed by atoms with Crippen molar-refractivity contribution in [3.63, 3.8) is 0 Å². The van der Waals surface area contributed by atoms with Crippen molar-refractivity contribution in [2.75, 3.05) is 36.8 Å². The molecule has 0 fully saturated rings. The Bertz CT molecular complexity index is 809. The molecule has 8 nitrogen and oxygen atoms in total. The molecule has 6 N–H and O–H groups in total. The molecule has 0 heterocycles. The normalized spacial score (nSPS) is 11.5. The van der Waals surface area contributed by atoms with Crippen LogP contribution in [0, 0.1) is 12.8 Å². The summed E-state index contributed by atoms with van der Waals surface area (Å²) in [7, 11) is 0. The second kappa shape index (κ2) is 12.4. The zero-order chi connectivity index (χ0) is 22.7. The van der Waals surface area contributed by atoms with Crippen LogP contribution in [0.4, 0.5) is 17.1 Å². The van der Waals surface area contributed by atoms with Gasteiger partial charge in [-0.25, -0.2) is 0 Å². The van der Waals surface area contributed by atoms with Gasteiger partial charge in [-0.1, -0.05) is 43.0 Å². The zero-order valence-electron chi connectivity index (χ0n) is 18.7. The van der Waals surface area contributed by atoms with Gasteiger partial charge in [-0.2, -0.15) is 10.4 Å². The van der Waals surface area contributed by atoms with Gasteiger partial charge in [-0.3, -0.25) is 4.79 Å². The first-order valence-electron chi connectivity index (χ1n) is 10.8. The third-order valence-corrected chi connectivity index (χ3v) is 4.79. The molecule has 0 aliphatic heterocycles. The summed E-state index contributed by atoms with van der Waals surface area (Å²) < 4.78 is 0. The quantitative estimate of drug-likeness (QED) is 0.165. The smallest absolute Gasteiger partial charge is 0.226 e. The molecule has 2 aromatic carbocycles. The largest absolute Gasteiger partial charge is 0.384 e. The number of quaternary nitrogens is 1. The topological polar surface area (TPSA) is 106 Å². The van der Waals surface area contributed by atoms with Gasteiger partial charge in [0.1, 0.15) is 0 Å². The molecule has 0 saturated carbocycles. The Morgan fingerprint density at radius 2 is 1.61 bits per heavy atom. The third kappa shape index (κ3) is 9.04. The lowest BCUT2D eigenvalue weighted by molar-refractivity contribution is -0.325. The first-order chi connectivity index (χ1) is 14.8. The first kappa shape index (κ1) is 24.8. The number of benzene rings is 2. The molecule has 1 amide bonds. The Morgan fingerprint density at radius 1 is 0.935 bits per heavy atom. The summed E-state index contributed by atoms with van der Waals surface area (Å²) in [6, 6.07) is 14.7. The van der Waals surface area contributed by atoms with Gasteiger partial charge in [0.2, 0.25) is 11.6 Å². The number of anilines is 2. The summed E-state index contributed by atoms with van der Waals surface area (Å²) >= 11 is 0. The van der Waals surface area contributed by atoms with Crippen LogP contribution in [0.3, 0.4) is 0 Å². The Morgan fingerprint density at radius 3 is 2.32 bits per heavy atom. The average molecular weight is 431 g/mol. The molecule has 0 aliphatic rings. The van der Waals surface area contributed by atoms with Crippen LogP contribution in [0.1, 0.15) is 32.3 Å². The predicted octanol–water partition coefficient (Wildman–Crippen LogP) is 3.66. The maximum absolute atomic E-state index is 11.8. The van der Waals surface area contributed by atoms with E-state index in [0.29, 0.717) is 12.2 Å². The standard InChI is InChI=1S/C23H35N5O3/c1-18(2)23(29)27-21-8-6-7-20(17-21)25-16-15-24-13-4-5-14-26-28(30,31)22-11-9-19(3)10-12-22/h6-12,17-18,24-26,30-31H,4-5,13-16H2,1-3H3/p+1. The summed E-state index contributed by atoms with van der Waals surface area (Å²) in [6.07, 6.45) is 1.72. The fourth-order valence-electron chi connectivity index (χ4n) is 2.87. The third-order valence-electron chi connectivity index (χ3n) is 4.79. The second-order valence-electron chi connectivity index (χ2n) is 7.95. The van der Waals surface area contributed by atoms with E-state index >= 15 is 0 Å². The van der Waals surface area contributed by atoms with Gasteiger partial charge in [-0.05, 0) is 44.5 Å². The van der Waals surface area contributed by atoms with E-state index in [-0.39, 0.29) is 11.8 Å². The molecule has 2 rings (SSSR count). The van der Waals surface area contributed by atoms with Crippen molar-refractivity contribution < 1.29 is 15.2 Å². The van der Waals surface area contributed by atoms with Crippen molar-refractivity contribution >= 4 is 23.0 Å². The fourth-order valence-corrected chi connectivity index (χ4v) is 2.87. The number of carbonyl (C=O) groups is 1. The van der Waals surface area contributed by atoms with Crippen LogP contribution in [0.15, 0.2) is 48.5 Å². The highest BCUT2D eigenvalue weighted by atomic mass is 16.9. The van der Waals surface area contributed by atoms with Gasteiger partial charge in [0, 0.05) is 42.5 Å². The summed E-state index contributed by atoms with van der Waals surface area (Å²) in [5, 5.41) is 29.8. The van der Waals surface area contributed by atoms with Crippen molar-refractivity contribution in [1.82, 2.24) is 15.7 Å². The monoisotopic (exact) mass is 430 g/mol. The molecule has 0 radical (unpaired) electrons. The lowest BCUT2D eigenvalue weighted by Crippen LogP contribution is -2.54. The van der Waals surface area contributed by atoms with Gasteiger partial charge in [0.25, 0.3) is 0 Å². The number of amides is 1. The van der Waals surface area contributed by atoms with E-state index in [9.17, 15) is 15.2 Å². The van der Waals surface area contributed by atoms with Crippen LogP contribution in [0.2, 0.25) is 0 Å².